The van der Waals surface area contributed by atoms with E-state index in [4.69, 9.17) is 9.47 Å². The molecule has 4 nitrogen and oxygen atoms in total. The minimum Gasteiger partial charge on any atom is -0.459 e. The van der Waals surface area contributed by atoms with E-state index >= 15 is 0 Å². The Hall–Kier alpha value is -1.39. The van der Waals surface area contributed by atoms with E-state index in [0.717, 1.165) is 5.56 Å². The van der Waals surface area contributed by atoms with Crippen molar-refractivity contribution in [2.75, 3.05) is 6.61 Å². The molecule has 0 radical (unpaired) electrons. The molecule has 1 saturated heterocycles. The average Bonchev–Trinajstić information content (AvgIpc) is 2.82. The minimum absolute atomic E-state index is 0.108. The van der Waals surface area contributed by atoms with Crippen LogP contribution in [0.2, 0.25) is 0 Å². The molecule has 0 aliphatic carbocycles. The molecule has 1 aromatic carbocycles. The highest BCUT2D eigenvalue weighted by Gasteiger charge is 2.39. The quantitative estimate of drug-likeness (QED) is 0.810. The van der Waals surface area contributed by atoms with E-state index in [0.29, 0.717) is 13.0 Å². The summed E-state index contributed by atoms with van der Waals surface area (Å²) in [6.07, 6.45) is -0.621. The third-order valence-electron chi connectivity index (χ3n) is 3.69. The Morgan fingerprint density at radius 3 is 2.65 bits per heavy atom. The van der Waals surface area contributed by atoms with Crippen LogP contribution in [-0.4, -0.2) is 29.9 Å². The number of aliphatic hydroxyl groups is 1. The molecule has 1 heterocycles. The monoisotopic (exact) mass is 278 g/mol. The Bertz CT molecular complexity index is 429. The second kappa shape index (κ2) is 6.86. The predicted octanol–water partition coefficient (Wildman–Crippen LogP) is 2.15. The minimum atomic E-state index is -0.758. The highest BCUT2D eigenvalue weighted by atomic mass is 16.6. The number of ether oxygens (including phenoxy) is 2. The first kappa shape index (κ1) is 15.0. The van der Waals surface area contributed by atoms with Gasteiger partial charge in [0.25, 0.3) is 0 Å². The Labute approximate surface area is 119 Å². The number of carbonyl (C=O) groups is 1. The Balaban J connectivity index is 1.76. The van der Waals surface area contributed by atoms with Crippen LogP contribution in [0, 0.1) is 11.8 Å². The van der Waals surface area contributed by atoms with Crippen molar-refractivity contribution in [1.29, 1.82) is 0 Å². The zero-order chi connectivity index (χ0) is 14.5. The maximum Gasteiger partial charge on any atom is 0.309 e. The summed E-state index contributed by atoms with van der Waals surface area (Å²) >= 11 is 0. The van der Waals surface area contributed by atoms with Gasteiger partial charge in [-0.05, 0) is 11.5 Å². The van der Waals surface area contributed by atoms with E-state index in [1.165, 1.54) is 0 Å². The molecule has 3 unspecified atom stereocenters. The van der Waals surface area contributed by atoms with Gasteiger partial charge in [-0.3, -0.25) is 4.79 Å². The normalized spacial score (nSPS) is 23.9. The van der Waals surface area contributed by atoms with Gasteiger partial charge in [0.1, 0.15) is 12.2 Å². The molecule has 0 bridgehead atoms. The molecule has 20 heavy (non-hydrogen) atoms. The van der Waals surface area contributed by atoms with Crippen molar-refractivity contribution in [2.24, 2.45) is 11.8 Å². The summed E-state index contributed by atoms with van der Waals surface area (Å²) in [5.41, 5.74) is 1.06. The lowest BCUT2D eigenvalue weighted by atomic mass is 9.91. The standard InChI is InChI=1S/C16H22O4/c1-11(2)13-8-15(20-16(13)18)14(17)10-19-9-12-6-4-3-5-7-12/h3-7,11,13-15,17H,8-10H2,1-2H3. The number of aliphatic hydroxyl groups excluding tert-OH is 1. The van der Waals surface area contributed by atoms with Crippen molar-refractivity contribution in [3.05, 3.63) is 35.9 Å². The molecular weight excluding hydrogens is 256 g/mol. The van der Waals surface area contributed by atoms with Crippen LogP contribution in [-0.2, 0) is 20.9 Å². The molecule has 0 aromatic heterocycles. The van der Waals surface area contributed by atoms with Crippen molar-refractivity contribution in [3.63, 3.8) is 0 Å². The van der Waals surface area contributed by atoms with E-state index in [1.54, 1.807) is 0 Å². The molecule has 4 heteroatoms. The largest absolute Gasteiger partial charge is 0.459 e. The van der Waals surface area contributed by atoms with Gasteiger partial charge in [0.2, 0.25) is 0 Å². The topological polar surface area (TPSA) is 55.8 Å². The summed E-state index contributed by atoms with van der Waals surface area (Å²) in [6, 6.07) is 9.78. The molecule has 1 aliphatic rings. The summed E-state index contributed by atoms with van der Waals surface area (Å²) in [7, 11) is 0. The van der Waals surface area contributed by atoms with Crippen LogP contribution in [0.4, 0.5) is 0 Å². The summed E-state index contributed by atoms with van der Waals surface area (Å²) in [5.74, 6) is -0.0687. The van der Waals surface area contributed by atoms with Gasteiger partial charge in [0.05, 0.1) is 19.1 Å². The lowest BCUT2D eigenvalue weighted by Gasteiger charge is -2.17. The molecule has 110 valence electrons. The zero-order valence-corrected chi connectivity index (χ0v) is 12.0. The predicted molar refractivity (Wildman–Crippen MR) is 74.9 cm³/mol. The molecule has 0 saturated carbocycles. The molecular formula is C16H22O4. The van der Waals surface area contributed by atoms with E-state index in [2.05, 4.69) is 0 Å². The number of hydrogen-bond acceptors (Lipinski definition) is 4. The smallest absolute Gasteiger partial charge is 0.309 e. The van der Waals surface area contributed by atoms with E-state index in [9.17, 15) is 9.90 Å². The van der Waals surface area contributed by atoms with Crippen LogP contribution < -0.4 is 0 Å². The molecule has 0 amide bonds. The van der Waals surface area contributed by atoms with Gasteiger partial charge in [0, 0.05) is 6.42 Å². The fraction of sp³-hybridized carbons (Fsp3) is 0.562. The first-order valence-corrected chi connectivity index (χ1v) is 7.08. The average molecular weight is 278 g/mol. The van der Waals surface area contributed by atoms with Gasteiger partial charge in [-0.15, -0.1) is 0 Å². The SMILES string of the molecule is CC(C)C1CC(C(O)COCc2ccccc2)OC1=O. The third kappa shape index (κ3) is 3.81. The van der Waals surface area contributed by atoms with Crippen molar-refractivity contribution < 1.29 is 19.4 Å². The lowest BCUT2D eigenvalue weighted by Crippen LogP contribution is -2.30. The summed E-state index contributed by atoms with van der Waals surface area (Å²) < 4.78 is 10.7. The van der Waals surface area contributed by atoms with Gasteiger partial charge < -0.3 is 14.6 Å². The number of esters is 1. The third-order valence-corrected chi connectivity index (χ3v) is 3.69. The van der Waals surface area contributed by atoms with Crippen LogP contribution in [0.1, 0.15) is 25.8 Å². The molecule has 1 N–H and O–H groups in total. The summed E-state index contributed by atoms with van der Waals surface area (Å²) in [4.78, 5) is 11.7. The molecule has 3 atom stereocenters. The second-order valence-corrected chi connectivity index (χ2v) is 5.63. The lowest BCUT2D eigenvalue weighted by molar-refractivity contribution is -0.150. The van der Waals surface area contributed by atoms with Crippen molar-refractivity contribution >= 4 is 5.97 Å². The number of hydrogen-bond donors (Lipinski definition) is 1. The van der Waals surface area contributed by atoms with Crippen LogP contribution in [0.3, 0.4) is 0 Å². The Morgan fingerprint density at radius 1 is 1.35 bits per heavy atom. The van der Waals surface area contributed by atoms with Gasteiger partial charge in [-0.1, -0.05) is 44.2 Å². The molecule has 1 fully saturated rings. The van der Waals surface area contributed by atoms with Gasteiger partial charge in [0.15, 0.2) is 0 Å². The number of carbonyl (C=O) groups excluding carboxylic acids is 1. The second-order valence-electron chi connectivity index (χ2n) is 5.63. The fourth-order valence-corrected chi connectivity index (χ4v) is 2.39. The molecule has 2 rings (SSSR count). The summed E-state index contributed by atoms with van der Waals surface area (Å²) in [6.45, 7) is 4.61. The van der Waals surface area contributed by atoms with Gasteiger partial charge >= 0.3 is 5.97 Å². The first-order valence-electron chi connectivity index (χ1n) is 7.08. The highest BCUT2D eigenvalue weighted by molar-refractivity contribution is 5.75. The Kier molecular flexibility index (Phi) is 5.15. The van der Waals surface area contributed by atoms with Gasteiger partial charge in [-0.2, -0.15) is 0 Å². The van der Waals surface area contributed by atoms with E-state index in [1.807, 2.05) is 44.2 Å². The van der Waals surface area contributed by atoms with Gasteiger partial charge in [-0.25, -0.2) is 0 Å². The van der Waals surface area contributed by atoms with Crippen molar-refractivity contribution in [2.45, 2.75) is 39.1 Å². The van der Waals surface area contributed by atoms with E-state index in [-0.39, 0.29) is 24.4 Å². The molecule has 1 aromatic rings. The van der Waals surface area contributed by atoms with Crippen molar-refractivity contribution in [3.8, 4) is 0 Å². The van der Waals surface area contributed by atoms with Crippen LogP contribution in [0.15, 0.2) is 30.3 Å². The van der Waals surface area contributed by atoms with Crippen molar-refractivity contribution in [1.82, 2.24) is 0 Å². The zero-order valence-electron chi connectivity index (χ0n) is 12.0. The molecule has 0 spiro atoms. The Morgan fingerprint density at radius 2 is 2.05 bits per heavy atom. The number of benzene rings is 1. The van der Waals surface area contributed by atoms with Crippen LogP contribution in [0.5, 0.6) is 0 Å². The first-order chi connectivity index (χ1) is 9.58. The maximum atomic E-state index is 11.7. The highest BCUT2D eigenvalue weighted by Crippen LogP contribution is 2.29. The number of cyclic esters (lactones) is 1. The van der Waals surface area contributed by atoms with Crippen LogP contribution >= 0.6 is 0 Å². The van der Waals surface area contributed by atoms with Crippen LogP contribution in [0.25, 0.3) is 0 Å². The number of rotatable bonds is 6. The maximum absolute atomic E-state index is 11.7. The molecule has 1 aliphatic heterocycles. The fourth-order valence-electron chi connectivity index (χ4n) is 2.39. The summed E-state index contributed by atoms with van der Waals surface area (Å²) in [5, 5.41) is 10.0. The van der Waals surface area contributed by atoms with E-state index < -0.39 is 12.2 Å².